The predicted molar refractivity (Wildman–Crippen MR) is 77.1 cm³/mol. The van der Waals surface area contributed by atoms with Crippen molar-refractivity contribution in [1.29, 1.82) is 0 Å². The molecule has 3 nitrogen and oxygen atoms in total. The fraction of sp³-hybridized carbons (Fsp3) is 0.929. The number of carbonyl (C=O) groups excluding carboxylic acids is 1. The molecular weight excluding hydrogens is 248 g/mol. The van der Waals surface area contributed by atoms with Crippen LogP contribution in [0.1, 0.15) is 51.4 Å². The Balaban J connectivity index is 0.00000162. The van der Waals surface area contributed by atoms with Crippen LogP contribution in [0.2, 0.25) is 0 Å². The van der Waals surface area contributed by atoms with Crippen LogP contribution in [-0.4, -0.2) is 37.0 Å². The third-order valence-corrected chi connectivity index (χ3v) is 4.40. The summed E-state index contributed by atoms with van der Waals surface area (Å²) in [5.41, 5.74) is 0. The second-order valence-electron chi connectivity index (χ2n) is 5.71. The third kappa shape index (κ3) is 4.43. The van der Waals surface area contributed by atoms with Crippen LogP contribution >= 0.6 is 12.4 Å². The number of likely N-dealkylation sites (N-methyl/N-ethyl adjacent to an activating group) is 1. The summed E-state index contributed by atoms with van der Waals surface area (Å²) >= 11 is 0. The van der Waals surface area contributed by atoms with E-state index in [1.807, 2.05) is 11.9 Å². The number of carbonyl (C=O) groups is 1. The molecule has 1 atom stereocenters. The summed E-state index contributed by atoms with van der Waals surface area (Å²) in [7, 11) is 1.99. The number of piperidine rings is 1. The molecule has 106 valence electrons. The van der Waals surface area contributed by atoms with E-state index < -0.39 is 0 Å². The number of amides is 1. The minimum atomic E-state index is 0. The molecule has 1 aliphatic carbocycles. The molecule has 2 fully saturated rings. The largest absolute Gasteiger partial charge is 0.341 e. The first-order chi connectivity index (χ1) is 8.27. The molecule has 1 amide bonds. The van der Waals surface area contributed by atoms with Gasteiger partial charge in [0.05, 0.1) is 0 Å². The van der Waals surface area contributed by atoms with Crippen LogP contribution in [0, 0.1) is 5.92 Å². The van der Waals surface area contributed by atoms with Gasteiger partial charge in [-0.1, -0.05) is 19.3 Å². The smallest absolute Gasteiger partial charge is 0.222 e. The van der Waals surface area contributed by atoms with Crippen molar-refractivity contribution in [2.45, 2.75) is 57.4 Å². The average Bonchev–Trinajstić information content (AvgIpc) is 2.40. The second kappa shape index (κ2) is 8.00. The number of rotatable bonds is 3. The molecule has 1 aliphatic heterocycles. The lowest BCUT2D eigenvalue weighted by atomic mass is 9.86. The Morgan fingerprint density at radius 1 is 1.17 bits per heavy atom. The summed E-state index contributed by atoms with van der Waals surface area (Å²) in [5, 5.41) is 3.38. The normalized spacial score (nSPS) is 25.3. The van der Waals surface area contributed by atoms with Gasteiger partial charge in [0.25, 0.3) is 0 Å². The fourth-order valence-corrected chi connectivity index (χ4v) is 3.15. The van der Waals surface area contributed by atoms with Gasteiger partial charge in [-0.15, -0.1) is 12.4 Å². The highest BCUT2D eigenvalue weighted by Crippen LogP contribution is 2.27. The Morgan fingerprint density at radius 3 is 2.50 bits per heavy atom. The Kier molecular flexibility index (Phi) is 7.02. The van der Waals surface area contributed by atoms with Gasteiger partial charge in [0, 0.05) is 26.1 Å². The number of nitrogens with one attached hydrogen (secondary N) is 1. The van der Waals surface area contributed by atoms with E-state index >= 15 is 0 Å². The molecule has 1 unspecified atom stereocenters. The Hall–Kier alpha value is -0.280. The average molecular weight is 275 g/mol. The molecule has 1 heterocycles. The first kappa shape index (κ1) is 15.8. The lowest BCUT2D eigenvalue weighted by Crippen LogP contribution is -2.47. The maximum Gasteiger partial charge on any atom is 0.222 e. The van der Waals surface area contributed by atoms with E-state index in [0.717, 1.165) is 19.5 Å². The van der Waals surface area contributed by atoms with Gasteiger partial charge < -0.3 is 10.2 Å². The molecule has 0 aromatic heterocycles. The van der Waals surface area contributed by atoms with Gasteiger partial charge in [0.1, 0.15) is 0 Å². The van der Waals surface area contributed by atoms with E-state index in [-0.39, 0.29) is 12.4 Å². The van der Waals surface area contributed by atoms with Crippen molar-refractivity contribution in [3.05, 3.63) is 0 Å². The summed E-state index contributed by atoms with van der Waals surface area (Å²) in [4.78, 5) is 14.2. The van der Waals surface area contributed by atoms with Crippen LogP contribution in [0.3, 0.4) is 0 Å². The highest BCUT2D eigenvalue weighted by Gasteiger charge is 2.24. The van der Waals surface area contributed by atoms with Crippen LogP contribution in [0.25, 0.3) is 0 Å². The maximum absolute atomic E-state index is 12.2. The zero-order valence-corrected chi connectivity index (χ0v) is 12.3. The quantitative estimate of drug-likeness (QED) is 0.858. The molecule has 1 saturated carbocycles. The summed E-state index contributed by atoms with van der Waals surface area (Å²) < 4.78 is 0. The van der Waals surface area contributed by atoms with Crippen molar-refractivity contribution in [1.82, 2.24) is 10.2 Å². The fourth-order valence-electron chi connectivity index (χ4n) is 3.15. The molecule has 18 heavy (non-hydrogen) atoms. The highest BCUT2D eigenvalue weighted by molar-refractivity contribution is 5.85. The second-order valence-corrected chi connectivity index (χ2v) is 5.71. The summed E-state index contributed by atoms with van der Waals surface area (Å²) in [6.07, 6.45) is 9.70. The van der Waals surface area contributed by atoms with Crippen molar-refractivity contribution in [3.63, 3.8) is 0 Å². The van der Waals surface area contributed by atoms with Gasteiger partial charge in [0.2, 0.25) is 5.91 Å². The number of hydrogen-bond acceptors (Lipinski definition) is 2. The lowest BCUT2D eigenvalue weighted by Gasteiger charge is -2.33. The number of halogens is 1. The molecule has 2 rings (SSSR count). The standard InChI is InChI=1S/C14H26N2O.ClH/c1-16(13-8-5-9-15-11-13)14(17)10-12-6-3-2-4-7-12;/h12-13,15H,2-11H2,1H3;1H. The lowest BCUT2D eigenvalue weighted by molar-refractivity contribution is -0.133. The minimum absolute atomic E-state index is 0. The van der Waals surface area contributed by atoms with Gasteiger partial charge in [0.15, 0.2) is 0 Å². The number of hydrogen-bond donors (Lipinski definition) is 1. The van der Waals surface area contributed by atoms with Crippen molar-refractivity contribution in [2.75, 3.05) is 20.1 Å². The first-order valence-corrected chi connectivity index (χ1v) is 7.24. The summed E-state index contributed by atoms with van der Waals surface area (Å²) in [5.74, 6) is 1.03. The van der Waals surface area contributed by atoms with Gasteiger partial charge in [-0.25, -0.2) is 0 Å². The molecular formula is C14H27ClN2O. The van der Waals surface area contributed by atoms with Crippen molar-refractivity contribution < 1.29 is 4.79 Å². The molecule has 0 spiro atoms. The van der Waals surface area contributed by atoms with Crippen molar-refractivity contribution in [2.24, 2.45) is 5.92 Å². The summed E-state index contributed by atoms with van der Waals surface area (Å²) in [6.45, 7) is 2.09. The van der Waals surface area contributed by atoms with Crippen molar-refractivity contribution in [3.8, 4) is 0 Å². The van der Waals surface area contributed by atoms with E-state index in [2.05, 4.69) is 5.32 Å². The zero-order valence-electron chi connectivity index (χ0n) is 11.5. The first-order valence-electron chi connectivity index (χ1n) is 7.24. The van der Waals surface area contributed by atoms with Gasteiger partial charge in [-0.05, 0) is 38.1 Å². The predicted octanol–water partition coefficient (Wildman–Crippen LogP) is 2.59. The molecule has 2 aliphatic rings. The van der Waals surface area contributed by atoms with Gasteiger partial charge in [-0.3, -0.25) is 4.79 Å². The maximum atomic E-state index is 12.2. The van der Waals surface area contributed by atoms with Crippen LogP contribution in [0.4, 0.5) is 0 Å². The summed E-state index contributed by atoms with van der Waals surface area (Å²) in [6, 6.07) is 0.430. The molecule has 0 aromatic rings. The van der Waals surface area contributed by atoms with Gasteiger partial charge >= 0.3 is 0 Å². The molecule has 0 bridgehead atoms. The van der Waals surface area contributed by atoms with Crippen molar-refractivity contribution >= 4 is 18.3 Å². The molecule has 4 heteroatoms. The van der Waals surface area contributed by atoms with Crippen LogP contribution in [-0.2, 0) is 4.79 Å². The highest BCUT2D eigenvalue weighted by atomic mass is 35.5. The Bertz CT molecular complexity index is 248. The molecule has 1 N–H and O–H groups in total. The van der Waals surface area contributed by atoms with Crippen LogP contribution in [0.5, 0.6) is 0 Å². The van der Waals surface area contributed by atoms with Crippen LogP contribution < -0.4 is 5.32 Å². The minimum Gasteiger partial charge on any atom is -0.341 e. The van der Waals surface area contributed by atoms with E-state index in [0.29, 0.717) is 17.9 Å². The Morgan fingerprint density at radius 2 is 1.89 bits per heavy atom. The SMILES string of the molecule is CN(C(=O)CC1CCCCC1)C1CCCNC1.Cl. The topological polar surface area (TPSA) is 32.3 Å². The zero-order chi connectivity index (χ0) is 12.1. The van der Waals surface area contributed by atoms with E-state index in [1.54, 1.807) is 0 Å². The monoisotopic (exact) mass is 274 g/mol. The Labute approximate surface area is 117 Å². The third-order valence-electron chi connectivity index (χ3n) is 4.40. The number of nitrogens with zero attached hydrogens (tertiary/aromatic N) is 1. The van der Waals surface area contributed by atoms with E-state index in [9.17, 15) is 4.79 Å². The van der Waals surface area contributed by atoms with E-state index in [1.165, 1.54) is 44.9 Å². The van der Waals surface area contributed by atoms with E-state index in [4.69, 9.17) is 0 Å². The molecule has 0 aromatic carbocycles. The van der Waals surface area contributed by atoms with Gasteiger partial charge in [-0.2, -0.15) is 0 Å². The van der Waals surface area contributed by atoms with Crippen LogP contribution in [0.15, 0.2) is 0 Å². The molecule has 1 saturated heterocycles. The molecule has 0 radical (unpaired) electrons.